The molecule has 7 heteroatoms. The summed E-state index contributed by atoms with van der Waals surface area (Å²) in [7, 11) is 5.37. The van der Waals surface area contributed by atoms with Crippen molar-refractivity contribution in [2.24, 2.45) is 7.05 Å². The van der Waals surface area contributed by atoms with Gasteiger partial charge in [0, 0.05) is 26.2 Å². The summed E-state index contributed by atoms with van der Waals surface area (Å²) in [5, 5.41) is 9.01. The number of nitrogens with zero attached hydrogens (tertiary/aromatic N) is 4. The Morgan fingerprint density at radius 1 is 1.14 bits per heavy atom. The highest BCUT2D eigenvalue weighted by Gasteiger charge is 2.22. The molecule has 6 nitrogen and oxygen atoms in total. The van der Waals surface area contributed by atoms with E-state index in [1.54, 1.807) is 12.0 Å². The normalized spacial score (nSPS) is 11.9. The molecule has 0 fully saturated rings. The van der Waals surface area contributed by atoms with Crippen LogP contribution >= 0.6 is 11.8 Å². The molecule has 0 aliphatic carbocycles. The van der Waals surface area contributed by atoms with Gasteiger partial charge in [-0.3, -0.25) is 4.79 Å². The summed E-state index contributed by atoms with van der Waals surface area (Å²) in [5.74, 6) is 1.60. The number of aromatic nitrogens is 3. The van der Waals surface area contributed by atoms with Crippen molar-refractivity contribution in [3.05, 3.63) is 60.2 Å². The molecule has 1 heterocycles. The third-order valence-corrected chi connectivity index (χ3v) is 5.57. The number of carbonyl (C=O) groups excluding carboxylic acids is 1. The summed E-state index contributed by atoms with van der Waals surface area (Å²) in [6.45, 7) is 2.48. The van der Waals surface area contributed by atoms with E-state index in [0.717, 1.165) is 22.7 Å². The first-order valence-corrected chi connectivity index (χ1v) is 9.87. The number of hydrogen-bond acceptors (Lipinski definition) is 5. The van der Waals surface area contributed by atoms with E-state index in [1.165, 1.54) is 11.8 Å². The Morgan fingerprint density at radius 3 is 2.46 bits per heavy atom. The number of amides is 1. The zero-order valence-electron chi connectivity index (χ0n) is 16.5. The molecule has 28 heavy (non-hydrogen) atoms. The summed E-state index contributed by atoms with van der Waals surface area (Å²) in [6.07, 6.45) is 0. The van der Waals surface area contributed by atoms with Gasteiger partial charge in [-0.05, 0) is 36.8 Å². The number of carbonyl (C=O) groups is 1. The molecule has 146 valence electrons. The van der Waals surface area contributed by atoms with Crippen LogP contribution < -0.4 is 4.74 Å². The minimum absolute atomic E-state index is 0.0582. The Kier molecular flexibility index (Phi) is 6.36. The highest BCUT2D eigenvalue weighted by Crippen LogP contribution is 2.27. The molecule has 0 saturated carbocycles. The molecule has 0 saturated heterocycles. The Balaban J connectivity index is 1.67. The average Bonchev–Trinajstić information content (AvgIpc) is 3.08. The fraction of sp³-hybridized carbons (Fsp3) is 0.286. The van der Waals surface area contributed by atoms with Crippen LogP contribution in [0.2, 0.25) is 0 Å². The summed E-state index contributed by atoms with van der Waals surface area (Å²) in [4.78, 5) is 14.5. The lowest BCUT2D eigenvalue weighted by molar-refractivity contribution is -0.129. The molecule has 1 amide bonds. The molecule has 3 aromatic rings. The molecular formula is C21H24N4O2S. The topological polar surface area (TPSA) is 60.3 Å². The Morgan fingerprint density at radius 2 is 1.82 bits per heavy atom. The fourth-order valence-electron chi connectivity index (χ4n) is 2.86. The van der Waals surface area contributed by atoms with Crippen molar-refractivity contribution in [2.75, 3.05) is 14.2 Å². The maximum absolute atomic E-state index is 12.7. The number of hydrogen-bond donors (Lipinski definition) is 0. The van der Waals surface area contributed by atoms with Gasteiger partial charge in [0.25, 0.3) is 0 Å². The molecule has 1 atom stereocenters. The standard InChI is InChI=1S/C21H24N4O2S/c1-15(20(26)24(2)14-16-8-6-5-7-9-16)28-21-23-22-19(25(21)3)17-10-12-18(27-4)13-11-17/h5-13,15H,14H2,1-4H3/t15-/m1/s1. The maximum atomic E-state index is 12.7. The largest absolute Gasteiger partial charge is 0.497 e. The molecule has 0 unspecified atom stereocenters. The predicted octanol–water partition coefficient (Wildman–Crippen LogP) is 3.63. The number of ether oxygens (including phenoxy) is 1. The van der Waals surface area contributed by atoms with E-state index in [1.807, 2.05) is 80.2 Å². The second-order valence-electron chi connectivity index (χ2n) is 6.53. The van der Waals surface area contributed by atoms with Gasteiger partial charge in [0.1, 0.15) is 5.75 Å². The zero-order valence-corrected chi connectivity index (χ0v) is 17.3. The number of thioether (sulfide) groups is 1. The highest BCUT2D eigenvalue weighted by molar-refractivity contribution is 8.00. The van der Waals surface area contributed by atoms with Crippen LogP contribution in [0.15, 0.2) is 59.8 Å². The van der Waals surface area contributed by atoms with Crippen molar-refractivity contribution in [1.29, 1.82) is 0 Å². The lowest BCUT2D eigenvalue weighted by Gasteiger charge is -2.21. The van der Waals surface area contributed by atoms with E-state index in [0.29, 0.717) is 11.7 Å². The molecule has 0 aliphatic rings. The number of benzene rings is 2. The molecule has 0 bridgehead atoms. The minimum atomic E-state index is -0.264. The first kappa shape index (κ1) is 19.9. The lowest BCUT2D eigenvalue weighted by atomic mass is 10.2. The Hall–Kier alpha value is -2.80. The number of methoxy groups -OCH3 is 1. The smallest absolute Gasteiger partial charge is 0.235 e. The van der Waals surface area contributed by atoms with Crippen molar-refractivity contribution in [3.63, 3.8) is 0 Å². The van der Waals surface area contributed by atoms with Crippen molar-refractivity contribution in [3.8, 4) is 17.1 Å². The summed E-state index contributed by atoms with van der Waals surface area (Å²) >= 11 is 1.41. The van der Waals surface area contributed by atoms with E-state index in [9.17, 15) is 4.79 Å². The fourth-order valence-corrected chi connectivity index (χ4v) is 3.79. The van der Waals surface area contributed by atoms with Crippen molar-refractivity contribution < 1.29 is 9.53 Å². The minimum Gasteiger partial charge on any atom is -0.497 e. The predicted molar refractivity (Wildman–Crippen MR) is 111 cm³/mol. The molecular weight excluding hydrogens is 372 g/mol. The first-order valence-electron chi connectivity index (χ1n) is 8.99. The van der Waals surface area contributed by atoms with Crippen LogP contribution in [0.1, 0.15) is 12.5 Å². The molecule has 0 aliphatic heterocycles. The van der Waals surface area contributed by atoms with Crippen LogP contribution in [-0.2, 0) is 18.4 Å². The van der Waals surface area contributed by atoms with E-state index < -0.39 is 0 Å². The van der Waals surface area contributed by atoms with Crippen LogP contribution in [0.3, 0.4) is 0 Å². The van der Waals surface area contributed by atoms with Crippen molar-refractivity contribution in [2.45, 2.75) is 23.9 Å². The van der Waals surface area contributed by atoms with Gasteiger partial charge in [0.2, 0.25) is 5.91 Å². The van der Waals surface area contributed by atoms with Crippen LogP contribution in [-0.4, -0.2) is 45.0 Å². The van der Waals surface area contributed by atoms with Crippen LogP contribution in [0.4, 0.5) is 0 Å². The van der Waals surface area contributed by atoms with E-state index >= 15 is 0 Å². The lowest BCUT2D eigenvalue weighted by Crippen LogP contribution is -2.32. The van der Waals surface area contributed by atoms with Gasteiger partial charge in [0.15, 0.2) is 11.0 Å². The second kappa shape index (κ2) is 8.93. The number of rotatable bonds is 7. The highest BCUT2D eigenvalue weighted by atomic mass is 32.2. The average molecular weight is 397 g/mol. The summed E-state index contributed by atoms with van der Waals surface area (Å²) in [5.41, 5.74) is 2.05. The van der Waals surface area contributed by atoms with E-state index in [4.69, 9.17) is 4.74 Å². The molecule has 0 N–H and O–H groups in total. The summed E-state index contributed by atoms with van der Waals surface area (Å²) < 4.78 is 7.11. The van der Waals surface area contributed by atoms with Gasteiger partial charge < -0.3 is 14.2 Å². The van der Waals surface area contributed by atoms with E-state index in [-0.39, 0.29) is 11.2 Å². The van der Waals surface area contributed by atoms with Gasteiger partial charge in [-0.15, -0.1) is 10.2 Å². The zero-order chi connectivity index (χ0) is 20.1. The molecule has 2 aromatic carbocycles. The van der Waals surface area contributed by atoms with E-state index in [2.05, 4.69) is 10.2 Å². The van der Waals surface area contributed by atoms with Gasteiger partial charge >= 0.3 is 0 Å². The Bertz CT molecular complexity index is 925. The second-order valence-corrected chi connectivity index (χ2v) is 7.84. The summed E-state index contributed by atoms with van der Waals surface area (Å²) in [6, 6.07) is 17.6. The first-order chi connectivity index (χ1) is 13.5. The van der Waals surface area contributed by atoms with Crippen molar-refractivity contribution >= 4 is 17.7 Å². The third-order valence-electron chi connectivity index (χ3n) is 4.45. The molecule has 0 spiro atoms. The molecule has 0 radical (unpaired) electrons. The molecule has 3 rings (SSSR count). The third kappa shape index (κ3) is 4.54. The molecule has 1 aromatic heterocycles. The van der Waals surface area contributed by atoms with Gasteiger partial charge in [-0.2, -0.15) is 0 Å². The van der Waals surface area contributed by atoms with Gasteiger partial charge in [-0.25, -0.2) is 0 Å². The SMILES string of the molecule is COc1ccc(-c2nnc(S[C@H](C)C(=O)N(C)Cc3ccccc3)n2C)cc1. The van der Waals surface area contributed by atoms with Gasteiger partial charge in [0.05, 0.1) is 12.4 Å². The quantitative estimate of drug-likeness (QED) is 0.571. The van der Waals surface area contributed by atoms with Crippen LogP contribution in [0, 0.1) is 0 Å². The monoisotopic (exact) mass is 396 g/mol. The van der Waals surface area contributed by atoms with Gasteiger partial charge in [-0.1, -0.05) is 42.1 Å². The van der Waals surface area contributed by atoms with Crippen LogP contribution in [0.25, 0.3) is 11.4 Å². The Labute approximate surface area is 169 Å². The van der Waals surface area contributed by atoms with Crippen LogP contribution in [0.5, 0.6) is 5.75 Å². The van der Waals surface area contributed by atoms with Crippen molar-refractivity contribution in [1.82, 2.24) is 19.7 Å². The maximum Gasteiger partial charge on any atom is 0.235 e.